The van der Waals surface area contributed by atoms with E-state index in [1.54, 1.807) is 6.08 Å². The molecule has 3 aromatic carbocycles. The first-order valence-electron chi connectivity index (χ1n) is 11.4. The topological polar surface area (TPSA) is 76.1 Å². The lowest BCUT2D eigenvalue weighted by atomic mass is 10.1. The van der Waals surface area contributed by atoms with Crippen LogP contribution in [-0.2, 0) is 22.6 Å². The van der Waals surface area contributed by atoms with Gasteiger partial charge < -0.3 is 14.6 Å². The average molecular weight is 520 g/mol. The molecule has 1 heterocycles. The standard InChI is InChI=1S/C28H25NO5S2/c30-25(31)18-29-27(32)24(36-28(29)35)17-22-14-7-15-23(26(22)34-19-21-11-5-2-6-12-21)33-16-8-13-20-9-3-1-4-10-20/h1-7,9-12,14-15,17H,8,13,16,18-19H2,(H,30,31)/b24-17+. The number of amides is 1. The van der Waals surface area contributed by atoms with Gasteiger partial charge >= 0.3 is 5.97 Å². The highest BCUT2D eigenvalue weighted by Crippen LogP contribution is 2.38. The molecule has 0 radical (unpaired) electrons. The number of carbonyl (C=O) groups excluding carboxylic acids is 1. The summed E-state index contributed by atoms with van der Waals surface area (Å²) in [7, 11) is 0. The molecule has 0 atom stereocenters. The van der Waals surface area contributed by atoms with Crippen LogP contribution >= 0.6 is 24.0 Å². The molecule has 36 heavy (non-hydrogen) atoms. The van der Waals surface area contributed by atoms with Crippen LogP contribution in [0.2, 0.25) is 0 Å². The van der Waals surface area contributed by atoms with Crippen LogP contribution in [0.3, 0.4) is 0 Å². The summed E-state index contributed by atoms with van der Waals surface area (Å²) >= 11 is 6.30. The second kappa shape index (κ2) is 12.4. The molecule has 1 N–H and O–H groups in total. The molecule has 0 unspecified atom stereocenters. The average Bonchev–Trinajstić information content (AvgIpc) is 3.14. The number of aryl methyl sites for hydroxylation is 1. The van der Waals surface area contributed by atoms with Gasteiger partial charge in [0.15, 0.2) is 11.5 Å². The minimum Gasteiger partial charge on any atom is -0.490 e. The molecule has 1 amide bonds. The van der Waals surface area contributed by atoms with E-state index in [2.05, 4.69) is 12.1 Å². The number of para-hydroxylation sites is 1. The normalized spacial score (nSPS) is 14.3. The molecule has 184 valence electrons. The number of aliphatic carboxylic acids is 1. The van der Waals surface area contributed by atoms with Gasteiger partial charge in [-0.2, -0.15) is 0 Å². The first-order chi connectivity index (χ1) is 17.5. The van der Waals surface area contributed by atoms with Crippen molar-refractivity contribution in [1.82, 2.24) is 4.90 Å². The summed E-state index contributed by atoms with van der Waals surface area (Å²) in [6.07, 6.45) is 3.41. The fourth-order valence-electron chi connectivity index (χ4n) is 3.66. The molecule has 1 aliphatic rings. The smallest absolute Gasteiger partial charge is 0.323 e. The van der Waals surface area contributed by atoms with Crippen LogP contribution in [-0.4, -0.2) is 39.4 Å². The van der Waals surface area contributed by atoms with Gasteiger partial charge in [0.2, 0.25) is 0 Å². The minimum atomic E-state index is -1.12. The number of ether oxygens (including phenoxy) is 2. The first kappa shape index (κ1) is 25.5. The monoisotopic (exact) mass is 519 g/mol. The molecule has 6 nitrogen and oxygen atoms in total. The van der Waals surface area contributed by atoms with Crippen molar-refractivity contribution in [3.63, 3.8) is 0 Å². The molecule has 1 saturated heterocycles. The number of thiocarbonyl (C=S) groups is 1. The number of hydrogen-bond acceptors (Lipinski definition) is 6. The number of carboxylic acids is 1. The van der Waals surface area contributed by atoms with E-state index in [-0.39, 0.29) is 4.32 Å². The Morgan fingerprint density at radius 2 is 1.64 bits per heavy atom. The van der Waals surface area contributed by atoms with Gasteiger partial charge in [0.1, 0.15) is 17.5 Å². The molecule has 1 fully saturated rings. The predicted octanol–water partition coefficient (Wildman–Crippen LogP) is 5.56. The molecule has 0 aliphatic carbocycles. The van der Waals surface area contributed by atoms with E-state index in [4.69, 9.17) is 26.8 Å². The van der Waals surface area contributed by atoms with E-state index >= 15 is 0 Å². The van der Waals surface area contributed by atoms with Gasteiger partial charge in [-0.3, -0.25) is 14.5 Å². The van der Waals surface area contributed by atoms with E-state index in [1.165, 1.54) is 5.56 Å². The van der Waals surface area contributed by atoms with Crippen LogP contribution in [0.25, 0.3) is 6.08 Å². The molecule has 4 rings (SSSR count). The summed E-state index contributed by atoms with van der Waals surface area (Å²) in [4.78, 5) is 25.3. The van der Waals surface area contributed by atoms with Crippen LogP contribution in [0, 0.1) is 0 Å². The maximum Gasteiger partial charge on any atom is 0.323 e. The molecule has 1 aliphatic heterocycles. The van der Waals surface area contributed by atoms with Crippen molar-refractivity contribution < 1.29 is 24.2 Å². The van der Waals surface area contributed by atoms with Crippen molar-refractivity contribution in [2.75, 3.05) is 13.2 Å². The van der Waals surface area contributed by atoms with E-state index in [0.29, 0.717) is 35.2 Å². The van der Waals surface area contributed by atoms with Gasteiger partial charge in [-0.05, 0) is 36.1 Å². The second-order valence-electron chi connectivity index (χ2n) is 8.05. The van der Waals surface area contributed by atoms with Crippen molar-refractivity contribution in [3.05, 3.63) is 100 Å². The molecule has 0 spiro atoms. The summed E-state index contributed by atoms with van der Waals surface area (Å²) in [6, 6.07) is 25.5. The summed E-state index contributed by atoms with van der Waals surface area (Å²) in [5.74, 6) is -0.459. The third-order valence-corrected chi connectivity index (χ3v) is 6.78. The summed E-state index contributed by atoms with van der Waals surface area (Å²) in [6.45, 7) is 0.358. The van der Waals surface area contributed by atoms with E-state index in [0.717, 1.165) is 35.1 Å². The third-order valence-electron chi connectivity index (χ3n) is 5.40. The van der Waals surface area contributed by atoms with Gasteiger partial charge in [0, 0.05) is 5.56 Å². The lowest BCUT2D eigenvalue weighted by molar-refractivity contribution is -0.140. The van der Waals surface area contributed by atoms with Crippen LogP contribution in [0.1, 0.15) is 23.1 Å². The lowest BCUT2D eigenvalue weighted by Crippen LogP contribution is -2.33. The lowest BCUT2D eigenvalue weighted by Gasteiger charge is -2.16. The Hall–Kier alpha value is -3.62. The fraction of sp³-hybridized carbons (Fsp3) is 0.179. The fourth-order valence-corrected chi connectivity index (χ4v) is 4.91. The number of rotatable bonds is 11. The number of carbonyl (C=O) groups is 2. The van der Waals surface area contributed by atoms with Gasteiger partial charge in [0.05, 0.1) is 11.5 Å². The molecule has 8 heteroatoms. The summed E-state index contributed by atoms with van der Waals surface area (Å²) < 4.78 is 12.5. The Balaban J connectivity index is 1.55. The van der Waals surface area contributed by atoms with Crippen LogP contribution in [0.5, 0.6) is 11.5 Å². The van der Waals surface area contributed by atoms with Crippen molar-refractivity contribution in [2.45, 2.75) is 19.4 Å². The zero-order valence-corrected chi connectivity index (χ0v) is 21.1. The number of nitrogens with zero attached hydrogens (tertiary/aromatic N) is 1. The van der Waals surface area contributed by atoms with Crippen molar-refractivity contribution in [3.8, 4) is 11.5 Å². The maximum absolute atomic E-state index is 12.8. The SMILES string of the molecule is O=C(O)CN1C(=O)/C(=C\c2cccc(OCCCc3ccccc3)c2OCc2ccccc2)SC1=S. The quantitative estimate of drug-likeness (QED) is 0.202. The Bertz CT molecular complexity index is 1260. The van der Waals surface area contributed by atoms with Crippen molar-refractivity contribution in [2.24, 2.45) is 0 Å². The maximum atomic E-state index is 12.8. The Morgan fingerprint density at radius 1 is 0.944 bits per heavy atom. The highest BCUT2D eigenvalue weighted by molar-refractivity contribution is 8.26. The van der Waals surface area contributed by atoms with Gasteiger partial charge in [-0.25, -0.2) is 0 Å². The van der Waals surface area contributed by atoms with Gasteiger partial charge in [-0.1, -0.05) is 96.8 Å². The predicted molar refractivity (Wildman–Crippen MR) is 145 cm³/mol. The minimum absolute atomic E-state index is 0.216. The highest BCUT2D eigenvalue weighted by Gasteiger charge is 2.33. The largest absolute Gasteiger partial charge is 0.490 e. The number of carboxylic acid groups (broad SMARTS) is 1. The highest BCUT2D eigenvalue weighted by atomic mass is 32.2. The molecule has 0 aromatic heterocycles. The van der Waals surface area contributed by atoms with Crippen molar-refractivity contribution in [1.29, 1.82) is 0 Å². The van der Waals surface area contributed by atoms with Crippen LogP contribution in [0.4, 0.5) is 0 Å². The molecular formula is C28H25NO5S2. The van der Waals surface area contributed by atoms with E-state index in [1.807, 2.05) is 66.7 Å². The molecule has 0 bridgehead atoms. The number of thioether (sulfide) groups is 1. The van der Waals surface area contributed by atoms with Crippen molar-refractivity contribution >= 4 is 46.3 Å². The Kier molecular flexibility index (Phi) is 8.76. The second-order valence-corrected chi connectivity index (χ2v) is 9.72. The van der Waals surface area contributed by atoms with Crippen LogP contribution < -0.4 is 9.47 Å². The summed E-state index contributed by atoms with van der Waals surface area (Å²) in [5, 5.41) is 9.10. The van der Waals surface area contributed by atoms with E-state index < -0.39 is 18.4 Å². The number of hydrogen-bond donors (Lipinski definition) is 1. The molecule has 3 aromatic rings. The number of benzene rings is 3. The Labute approximate surface area is 219 Å². The molecular weight excluding hydrogens is 494 g/mol. The van der Waals surface area contributed by atoms with Crippen LogP contribution in [0.15, 0.2) is 83.8 Å². The zero-order chi connectivity index (χ0) is 25.3. The summed E-state index contributed by atoms with van der Waals surface area (Å²) in [5.41, 5.74) is 2.90. The Morgan fingerprint density at radius 3 is 2.33 bits per heavy atom. The third kappa shape index (κ3) is 6.74. The van der Waals surface area contributed by atoms with E-state index in [9.17, 15) is 9.59 Å². The van der Waals surface area contributed by atoms with Gasteiger partial charge in [0.25, 0.3) is 5.91 Å². The molecule has 0 saturated carbocycles. The zero-order valence-electron chi connectivity index (χ0n) is 19.5. The first-order valence-corrected chi connectivity index (χ1v) is 12.7. The van der Waals surface area contributed by atoms with Gasteiger partial charge in [-0.15, -0.1) is 0 Å².